The Bertz CT molecular complexity index is 1100. The summed E-state index contributed by atoms with van der Waals surface area (Å²) in [4.78, 5) is 40.7. The molecule has 0 saturated heterocycles. The van der Waals surface area contributed by atoms with Crippen molar-refractivity contribution in [3.8, 4) is 0 Å². The van der Waals surface area contributed by atoms with Crippen molar-refractivity contribution in [2.24, 2.45) is 0 Å². The molecule has 0 aliphatic rings. The normalized spacial score (nSPS) is 10.4. The molecule has 30 heavy (non-hydrogen) atoms. The number of rotatable bonds is 6. The summed E-state index contributed by atoms with van der Waals surface area (Å²) in [7, 11) is 0. The molecular weight excluding hydrogens is 427 g/mol. The number of halogens is 2. The summed E-state index contributed by atoms with van der Waals surface area (Å²) in [5, 5.41) is 3.01. The molecular formula is C22H16Cl2N2O4. The predicted octanol–water partition coefficient (Wildman–Crippen LogP) is 4.72. The van der Waals surface area contributed by atoms with Gasteiger partial charge in [-0.2, -0.15) is 0 Å². The topological polar surface area (TPSA) is 85.4 Å². The molecule has 1 aromatic heterocycles. The van der Waals surface area contributed by atoms with Gasteiger partial charge in [0.2, 0.25) is 0 Å². The summed E-state index contributed by atoms with van der Waals surface area (Å²) in [5.74, 6) is -1.33. The molecule has 0 unspecified atom stereocenters. The first-order valence-corrected chi connectivity index (χ1v) is 9.60. The molecule has 3 rings (SSSR count). The number of amides is 1. The largest absolute Gasteiger partial charge is 0.452 e. The summed E-state index contributed by atoms with van der Waals surface area (Å²) in [6.45, 7) is 1.14. The molecule has 3 aromatic rings. The molecule has 0 aliphatic heterocycles. The van der Waals surface area contributed by atoms with Gasteiger partial charge in [-0.05, 0) is 25.1 Å². The molecule has 0 atom stereocenters. The third kappa shape index (κ3) is 5.23. The molecule has 0 aliphatic carbocycles. The summed E-state index contributed by atoms with van der Waals surface area (Å²) in [6, 6.07) is 16.3. The van der Waals surface area contributed by atoms with E-state index in [1.54, 1.807) is 31.2 Å². The first-order valence-electron chi connectivity index (χ1n) is 8.84. The van der Waals surface area contributed by atoms with E-state index in [4.69, 9.17) is 27.9 Å². The fraction of sp³-hybridized carbons (Fsp3) is 0.0909. The first-order chi connectivity index (χ1) is 14.3. The van der Waals surface area contributed by atoms with Gasteiger partial charge in [0.15, 0.2) is 18.2 Å². The second-order valence-corrected chi connectivity index (χ2v) is 7.10. The maximum absolute atomic E-state index is 12.4. The van der Waals surface area contributed by atoms with Crippen LogP contribution in [0, 0.1) is 6.92 Å². The minimum absolute atomic E-state index is 0.128. The number of carbonyl (C=O) groups is 3. The van der Waals surface area contributed by atoms with Crippen LogP contribution in [0.5, 0.6) is 0 Å². The number of aromatic nitrogens is 1. The summed E-state index contributed by atoms with van der Waals surface area (Å²) >= 11 is 11.9. The molecule has 1 amide bonds. The Kier molecular flexibility index (Phi) is 6.82. The van der Waals surface area contributed by atoms with Crippen molar-refractivity contribution in [3.05, 3.63) is 93.1 Å². The Labute approximate surface area is 182 Å². The molecule has 1 N–H and O–H groups in total. The highest BCUT2D eigenvalue weighted by Gasteiger charge is 2.15. The van der Waals surface area contributed by atoms with Crippen LogP contribution in [-0.2, 0) is 9.53 Å². The maximum Gasteiger partial charge on any atom is 0.338 e. The first kappa shape index (κ1) is 21.5. The zero-order valence-electron chi connectivity index (χ0n) is 15.8. The van der Waals surface area contributed by atoms with Gasteiger partial charge in [0.05, 0.1) is 21.3 Å². The fourth-order valence-electron chi connectivity index (χ4n) is 2.54. The molecule has 1 heterocycles. The zero-order valence-corrected chi connectivity index (χ0v) is 17.3. The Morgan fingerprint density at radius 1 is 0.900 bits per heavy atom. The van der Waals surface area contributed by atoms with Crippen LogP contribution in [0.4, 0.5) is 5.82 Å². The Morgan fingerprint density at radius 3 is 2.17 bits per heavy atom. The number of nitrogens with zero attached hydrogens (tertiary/aromatic N) is 1. The van der Waals surface area contributed by atoms with Crippen LogP contribution >= 0.6 is 23.2 Å². The van der Waals surface area contributed by atoms with Gasteiger partial charge in [0.25, 0.3) is 5.91 Å². The van der Waals surface area contributed by atoms with Gasteiger partial charge in [-0.1, -0.05) is 65.7 Å². The minimum atomic E-state index is -0.699. The van der Waals surface area contributed by atoms with Gasteiger partial charge < -0.3 is 10.1 Å². The third-order valence-electron chi connectivity index (χ3n) is 4.12. The Hall–Kier alpha value is -3.22. The number of hydrogen-bond donors (Lipinski definition) is 1. The SMILES string of the molecule is Cc1nc(NC(=O)COC(=O)c2ccc(C(=O)c3ccccc3)cc2)c(Cl)cc1Cl. The van der Waals surface area contributed by atoms with E-state index in [1.807, 2.05) is 6.07 Å². The van der Waals surface area contributed by atoms with Crippen molar-refractivity contribution in [1.29, 1.82) is 0 Å². The monoisotopic (exact) mass is 442 g/mol. The molecule has 0 bridgehead atoms. The highest BCUT2D eigenvalue weighted by atomic mass is 35.5. The summed E-state index contributed by atoms with van der Waals surface area (Å²) < 4.78 is 5.01. The number of ketones is 1. The van der Waals surface area contributed by atoms with Gasteiger partial charge >= 0.3 is 5.97 Å². The number of anilines is 1. The molecule has 8 heteroatoms. The van der Waals surface area contributed by atoms with Crippen LogP contribution < -0.4 is 5.32 Å². The van der Waals surface area contributed by atoms with E-state index in [1.165, 1.54) is 30.3 Å². The smallest absolute Gasteiger partial charge is 0.338 e. The van der Waals surface area contributed by atoms with E-state index in [2.05, 4.69) is 10.3 Å². The molecule has 0 fully saturated rings. The molecule has 152 valence electrons. The lowest BCUT2D eigenvalue weighted by Gasteiger charge is -2.09. The lowest BCUT2D eigenvalue weighted by molar-refractivity contribution is -0.119. The van der Waals surface area contributed by atoms with Crippen LogP contribution in [0.1, 0.15) is 32.0 Å². The van der Waals surface area contributed by atoms with Crippen molar-refractivity contribution >= 4 is 46.7 Å². The van der Waals surface area contributed by atoms with E-state index in [-0.39, 0.29) is 22.2 Å². The average Bonchev–Trinajstić information content (AvgIpc) is 2.76. The third-order valence-corrected chi connectivity index (χ3v) is 4.79. The molecule has 2 aromatic carbocycles. The van der Waals surface area contributed by atoms with E-state index in [0.29, 0.717) is 21.8 Å². The number of nitrogens with one attached hydrogen (secondary N) is 1. The van der Waals surface area contributed by atoms with E-state index in [0.717, 1.165) is 0 Å². The Balaban J connectivity index is 1.58. The zero-order chi connectivity index (χ0) is 21.7. The van der Waals surface area contributed by atoms with Gasteiger partial charge in [0, 0.05) is 11.1 Å². The van der Waals surface area contributed by atoms with Gasteiger partial charge in [0.1, 0.15) is 0 Å². The van der Waals surface area contributed by atoms with E-state index >= 15 is 0 Å². The van der Waals surface area contributed by atoms with E-state index in [9.17, 15) is 14.4 Å². The highest BCUT2D eigenvalue weighted by Crippen LogP contribution is 2.25. The number of pyridine rings is 1. The number of ether oxygens (including phenoxy) is 1. The average molecular weight is 443 g/mol. The van der Waals surface area contributed by atoms with Crippen LogP contribution in [0.25, 0.3) is 0 Å². The van der Waals surface area contributed by atoms with Crippen molar-refractivity contribution in [2.75, 3.05) is 11.9 Å². The predicted molar refractivity (Wildman–Crippen MR) is 114 cm³/mol. The lowest BCUT2D eigenvalue weighted by atomic mass is 10.0. The maximum atomic E-state index is 12.4. The number of benzene rings is 2. The second-order valence-electron chi connectivity index (χ2n) is 6.28. The van der Waals surface area contributed by atoms with Crippen molar-refractivity contribution < 1.29 is 19.1 Å². The Morgan fingerprint density at radius 2 is 1.50 bits per heavy atom. The molecule has 0 saturated carbocycles. The molecule has 6 nitrogen and oxygen atoms in total. The standard InChI is InChI=1S/C22H16Cl2N2O4/c1-13-17(23)11-18(24)21(25-13)26-19(27)12-30-22(29)16-9-7-15(8-10-16)20(28)14-5-3-2-4-6-14/h2-11H,12H2,1H3,(H,25,26,27). The van der Waals surface area contributed by atoms with Gasteiger partial charge in [-0.3, -0.25) is 9.59 Å². The molecule has 0 spiro atoms. The van der Waals surface area contributed by atoms with Gasteiger partial charge in [-0.15, -0.1) is 0 Å². The van der Waals surface area contributed by atoms with Crippen molar-refractivity contribution in [3.63, 3.8) is 0 Å². The van der Waals surface area contributed by atoms with Crippen LogP contribution in [0.15, 0.2) is 60.7 Å². The van der Waals surface area contributed by atoms with Crippen molar-refractivity contribution in [1.82, 2.24) is 4.98 Å². The highest BCUT2D eigenvalue weighted by molar-refractivity contribution is 6.36. The number of carbonyl (C=O) groups excluding carboxylic acids is 3. The summed E-state index contributed by atoms with van der Waals surface area (Å²) in [5.41, 5.74) is 1.70. The number of esters is 1. The van der Waals surface area contributed by atoms with Gasteiger partial charge in [-0.25, -0.2) is 9.78 Å². The lowest BCUT2D eigenvalue weighted by Crippen LogP contribution is -2.21. The molecule has 0 radical (unpaired) electrons. The minimum Gasteiger partial charge on any atom is -0.452 e. The summed E-state index contributed by atoms with van der Waals surface area (Å²) in [6.07, 6.45) is 0. The number of hydrogen-bond acceptors (Lipinski definition) is 5. The van der Waals surface area contributed by atoms with Crippen LogP contribution in [-0.4, -0.2) is 29.3 Å². The quantitative estimate of drug-likeness (QED) is 0.440. The fourth-order valence-corrected chi connectivity index (χ4v) is 2.95. The van der Waals surface area contributed by atoms with Crippen LogP contribution in [0.2, 0.25) is 10.0 Å². The second kappa shape index (κ2) is 9.52. The van der Waals surface area contributed by atoms with E-state index < -0.39 is 18.5 Å². The van der Waals surface area contributed by atoms with Crippen molar-refractivity contribution in [2.45, 2.75) is 6.92 Å². The number of aryl methyl sites for hydroxylation is 1. The van der Waals surface area contributed by atoms with Crippen LogP contribution in [0.3, 0.4) is 0 Å².